The molecule has 0 bridgehead atoms. The summed E-state index contributed by atoms with van der Waals surface area (Å²) in [4.78, 5) is 38.5. The molecule has 116 valence electrons. The molecule has 3 amide bonds. The van der Waals surface area contributed by atoms with Crippen LogP contribution < -0.4 is 5.73 Å². The quantitative estimate of drug-likeness (QED) is 0.748. The zero-order chi connectivity index (χ0) is 15.4. The Labute approximate surface area is 124 Å². The first kappa shape index (κ1) is 15.5. The van der Waals surface area contributed by atoms with Gasteiger partial charge in [0.15, 0.2) is 0 Å². The summed E-state index contributed by atoms with van der Waals surface area (Å²) in [5.74, 6) is -0.0121. The maximum absolute atomic E-state index is 12.5. The fourth-order valence-electron chi connectivity index (χ4n) is 3.22. The summed E-state index contributed by atoms with van der Waals surface area (Å²) in [5, 5.41) is 0. The highest BCUT2D eigenvalue weighted by Crippen LogP contribution is 2.25. The van der Waals surface area contributed by atoms with Crippen LogP contribution in [0.25, 0.3) is 0 Å². The molecular formula is C15H23N3O3. The van der Waals surface area contributed by atoms with Crippen LogP contribution in [0.2, 0.25) is 0 Å². The van der Waals surface area contributed by atoms with Gasteiger partial charge in [0.2, 0.25) is 17.7 Å². The van der Waals surface area contributed by atoms with E-state index in [0.29, 0.717) is 45.4 Å². The molecule has 0 aromatic carbocycles. The second-order valence-corrected chi connectivity index (χ2v) is 5.91. The molecule has 0 aromatic heterocycles. The Morgan fingerprint density at radius 2 is 1.71 bits per heavy atom. The number of hydrogen-bond donors (Lipinski definition) is 1. The van der Waals surface area contributed by atoms with Crippen LogP contribution in [0.3, 0.4) is 0 Å². The molecule has 2 fully saturated rings. The lowest BCUT2D eigenvalue weighted by Gasteiger charge is -2.32. The van der Waals surface area contributed by atoms with Crippen LogP contribution >= 0.6 is 0 Å². The van der Waals surface area contributed by atoms with E-state index in [1.165, 1.54) is 6.08 Å². The van der Waals surface area contributed by atoms with E-state index in [2.05, 4.69) is 6.58 Å². The predicted molar refractivity (Wildman–Crippen MR) is 78.0 cm³/mol. The third-order valence-corrected chi connectivity index (χ3v) is 4.42. The van der Waals surface area contributed by atoms with Crippen LogP contribution in [0, 0.1) is 11.8 Å². The van der Waals surface area contributed by atoms with Crippen LogP contribution in [0.15, 0.2) is 12.7 Å². The molecular weight excluding hydrogens is 270 g/mol. The smallest absolute Gasteiger partial charge is 0.245 e. The summed E-state index contributed by atoms with van der Waals surface area (Å²) >= 11 is 0. The molecule has 0 saturated carbocycles. The highest BCUT2D eigenvalue weighted by atomic mass is 16.2. The zero-order valence-corrected chi connectivity index (χ0v) is 12.3. The third kappa shape index (κ3) is 3.83. The second-order valence-electron chi connectivity index (χ2n) is 5.91. The van der Waals surface area contributed by atoms with Gasteiger partial charge >= 0.3 is 0 Å². The van der Waals surface area contributed by atoms with Crippen molar-refractivity contribution in [3.63, 3.8) is 0 Å². The van der Waals surface area contributed by atoms with Crippen LogP contribution in [-0.4, -0.2) is 53.7 Å². The molecule has 0 aromatic rings. The molecule has 6 nitrogen and oxygen atoms in total. The Hall–Kier alpha value is -1.85. The van der Waals surface area contributed by atoms with Crippen molar-refractivity contribution in [2.45, 2.75) is 25.7 Å². The largest absolute Gasteiger partial charge is 0.370 e. The number of carbonyl (C=O) groups excluding carboxylic acids is 3. The number of nitrogens with two attached hydrogens (primary N) is 1. The molecule has 2 aliphatic rings. The highest BCUT2D eigenvalue weighted by Gasteiger charge is 2.33. The van der Waals surface area contributed by atoms with Crippen LogP contribution in [0.4, 0.5) is 0 Å². The number of primary amides is 1. The summed E-state index contributed by atoms with van der Waals surface area (Å²) < 4.78 is 0. The van der Waals surface area contributed by atoms with Crippen LogP contribution in [0.1, 0.15) is 25.7 Å². The van der Waals surface area contributed by atoms with Gasteiger partial charge in [0.05, 0.1) is 0 Å². The van der Waals surface area contributed by atoms with Gasteiger partial charge in [-0.3, -0.25) is 14.4 Å². The van der Waals surface area contributed by atoms with Gasteiger partial charge in [0.25, 0.3) is 0 Å². The SMILES string of the molecule is C=CC(=O)N1CCC(C(=O)N2CCC(CC(N)=O)C2)CC1. The van der Waals surface area contributed by atoms with Crippen LogP contribution in [0.5, 0.6) is 0 Å². The summed E-state index contributed by atoms with van der Waals surface area (Å²) in [7, 11) is 0. The molecule has 2 N–H and O–H groups in total. The minimum atomic E-state index is -0.300. The second kappa shape index (κ2) is 6.74. The van der Waals surface area contributed by atoms with Gasteiger partial charge in [-0.1, -0.05) is 6.58 Å². The Bertz CT molecular complexity index is 441. The Morgan fingerprint density at radius 1 is 1.10 bits per heavy atom. The molecule has 2 saturated heterocycles. The molecule has 2 heterocycles. The van der Waals surface area contributed by atoms with Gasteiger partial charge in [-0.2, -0.15) is 0 Å². The monoisotopic (exact) mass is 293 g/mol. The van der Waals surface area contributed by atoms with E-state index in [4.69, 9.17) is 5.73 Å². The summed E-state index contributed by atoms with van der Waals surface area (Å²) in [6, 6.07) is 0. The highest BCUT2D eigenvalue weighted by molar-refractivity contribution is 5.87. The van der Waals surface area contributed by atoms with Crippen molar-refractivity contribution < 1.29 is 14.4 Å². The fourth-order valence-corrected chi connectivity index (χ4v) is 3.22. The number of likely N-dealkylation sites (tertiary alicyclic amines) is 2. The lowest BCUT2D eigenvalue weighted by molar-refractivity contribution is -0.138. The van der Waals surface area contributed by atoms with E-state index >= 15 is 0 Å². The van der Waals surface area contributed by atoms with Crippen molar-refractivity contribution in [3.05, 3.63) is 12.7 Å². The summed E-state index contributed by atoms with van der Waals surface area (Å²) in [6.07, 6.45) is 3.93. The van der Waals surface area contributed by atoms with E-state index < -0.39 is 0 Å². The molecule has 21 heavy (non-hydrogen) atoms. The first-order chi connectivity index (χ1) is 10.0. The van der Waals surface area contributed by atoms with Crippen molar-refractivity contribution in [1.29, 1.82) is 0 Å². The number of amides is 3. The van der Waals surface area contributed by atoms with E-state index in [-0.39, 0.29) is 29.6 Å². The molecule has 0 spiro atoms. The number of carbonyl (C=O) groups is 3. The average Bonchev–Trinajstić information content (AvgIpc) is 2.93. The maximum Gasteiger partial charge on any atom is 0.245 e. The van der Waals surface area contributed by atoms with Gasteiger partial charge in [0, 0.05) is 38.5 Å². The molecule has 0 radical (unpaired) electrons. The van der Waals surface area contributed by atoms with Crippen molar-refractivity contribution >= 4 is 17.7 Å². The molecule has 1 unspecified atom stereocenters. The Morgan fingerprint density at radius 3 is 2.29 bits per heavy atom. The summed E-state index contributed by atoms with van der Waals surface area (Å²) in [6.45, 7) is 6.05. The number of hydrogen-bond acceptors (Lipinski definition) is 3. The van der Waals surface area contributed by atoms with E-state index in [9.17, 15) is 14.4 Å². The number of piperidine rings is 1. The van der Waals surface area contributed by atoms with Gasteiger partial charge in [0.1, 0.15) is 0 Å². The van der Waals surface area contributed by atoms with Crippen molar-refractivity contribution in [2.75, 3.05) is 26.2 Å². The van der Waals surface area contributed by atoms with E-state index in [1.54, 1.807) is 4.90 Å². The number of nitrogens with zero attached hydrogens (tertiary/aromatic N) is 2. The lowest BCUT2D eigenvalue weighted by Crippen LogP contribution is -2.43. The van der Waals surface area contributed by atoms with Gasteiger partial charge in [-0.15, -0.1) is 0 Å². The van der Waals surface area contributed by atoms with Gasteiger partial charge in [-0.25, -0.2) is 0 Å². The average molecular weight is 293 g/mol. The van der Waals surface area contributed by atoms with Gasteiger partial charge < -0.3 is 15.5 Å². The van der Waals surface area contributed by atoms with Crippen molar-refractivity contribution in [1.82, 2.24) is 9.80 Å². The van der Waals surface area contributed by atoms with E-state index in [1.807, 2.05) is 4.90 Å². The molecule has 2 rings (SSSR count). The number of rotatable bonds is 4. The minimum Gasteiger partial charge on any atom is -0.370 e. The lowest BCUT2D eigenvalue weighted by atomic mass is 9.95. The standard InChI is InChI=1S/C15H23N3O3/c1-2-14(20)17-7-4-12(5-8-17)15(21)18-6-3-11(10-18)9-13(16)19/h2,11-12H,1,3-10H2,(H2,16,19). The van der Waals surface area contributed by atoms with E-state index in [0.717, 1.165) is 6.42 Å². The first-order valence-corrected chi connectivity index (χ1v) is 7.49. The summed E-state index contributed by atoms with van der Waals surface area (Å²) in [5.41, 5.74) is 5.21. The first-order valence-electron chi connectivity index (χ1n) is 7.49. The Balaban J connectivity index is 1.81. The molecule has 1 atom stereocenters. The van der Waals surface area contributed by atoms with Crippen molar-refractivity contribution in [2.24, 2.45) is 17.6 Å². The molecule has 0 aliphatic carbocycles. The molecule has 2 aliphatic heterocycles. The molecule has 6 heteroatoms. The van der Waals surface area contributed by atoms with Gasteiger partial charge in [-0.05, 0) is 31.3 Å². The van der Waals surface area contributed by atoms with Crippen LogP contribution in [-0.2, 0) is 14.4 Å². The Kier molecular flexibility index (Phi) is 4.98. The topological polar surface area (TPSA) is 83.7 Å². The minimum absolute atomic E-state index is 0.00815. The van der Waals surface area contributed by atoms with Crippen molar-refractivity contribution in [3.8, 4) is 0 Å². The normalized spacial score (nSPS) is 23.1. The zero-order valence-electron chi connectivity index (χ0n) is 12.3. The third-order valence-electron chi connectivity index (χ3n) is 4.42. The maximum atomic E-state index is 12.5. The fraction of sp³-hybridized carbons (Fsp3) is 0.667. The predicted octanol–water partition coefficient (Wildman–Crippen LogP) is 0.135.